The molecule has 0 fully saturated rings. The number of aromatic nitrogens is 2. The van der Waals surface area contributed by atoms with Crippen LogP contribution in [0.5, 0.6) is 0 Å². The van der Waals surface area contributed by atoms with E-state index in [1.54, 1.807) is 13.0 Å². The topological polar surface area (TPSA) is 81.2 Å². The molecule has 0 unspecified atom stereocenters. The molecule has 4 aromatic rings. The summed E-state index contributed by atoms with van der Waals surface area (Å²) in [6.07, 6.45) is 1.49. The Balaban J connectivity index is 1.52. The molecule has 0 saturated heterocycles. The van der Waals surface area contributed by atoms with Crippen LogP contribution in [0.2, 0.25) is 0 Å². The number of para-hydroxylation sites is 1. The minimum Gasteiger partial charge on any atom is -0.462 e. The number of ether oxygens (including phenoxy) is 1. The van der Waals surface area contributed by atoms with Crippen molar-refractivity contribution in [2.75, 3.05) is 17.7 Å². The largest absolute Gasteiger partial charge is 0.462 e. The second-order valence-electron chi connectivity index (χ2n) is 6.47. The standard InChI is InChI=1S/C23H19N3O3S2/c1-2-29-23(28)17-12-19(15-8-4-3-5-9-15)31-22(17)26-20(27)13-30-21-16-10-6-7-11-18(16)24-14-25-21/h3-12,14H,2,13H2,1H3,(H,26,27). The highest BCUT2D eigenvalue weighted by atomic mass is 32.2. The number of hydrogen-bond acceptors (Lipinski definition) is 7. The Bertz CT molecular complexity index is 1220. The Labute approximate surface area is 187 Å². The third-order valence-corrected chi connectivity index (χ3v) is 6.49. The fraction of sp³-hybridized carbons (Fsp3) is 0.130. The van der Waals surface area contributed by atoms with Gasteiger partial charge in [0, 0.05) is 10.3 Å². The van der Waals surface area contributed by atoms with Crippen molar-refractivity contribution in [3.63, 3.8) is 0 Å². The van der Waals surface area contributed by atoms with Gasteiger partial charge in [0.25, 0.3) is 0 Å². The zero-order valence-electron chi connectivity index (χ0n) is 16.7. The van der Waals surface area contributed by atoms with Gasteiger partial charge in [-0.15, -0.1) is 11.3 Å². The molecule has 6 nitrogen and oxygen atoms in total. The molecule has 0 radical (unpaired) electrons. The van der Waals surface area contributed by atoms with Gasteiger partial charge in [-0.25, -0.2) is 14.8 Å². The molecule has 0 aliphatic heterocycles. The average molecular weight is 450 g/mol. The van der Waals surface area contributed by atoms with E-state index in [2.05, 4.69) is 15.3 Å². The number of anilines is 1. The molecule has 0 saturated carbocycles. The lowest BCUT2D eigenvalue weighted by atomic mass is 10.1. The third kappa shape index (κ3) is 4.92. The number of benzene rings is 2. The monoisotopic (exact) mass is 449 g/mol. The van der Waals surface area contributed by atoms with Gasteiger partial charge in [-0.1, -0.05) is 60.3 Å². The zero-order chi connectivity index (χ0) is 21.6. The molecule has 2 aromatic carbocycles. The van der Waals surface area contributed by atoms with Crippen molar-refractivity contribution in [3.05, 3.63) is 72.6 Å². The number of nitrogens with one attached hydrogen (secondary N) is 1. The van der Waals surface area contributed by atoms with Crippen LogP contribution in [0.25, 0.3) is 21.3 Å². The number of thiophene rings is 1. The first-order valence-electron chi connectivity index (χ1n) is 9.64. The van der Waals surface area contributed by atoms with Crippen LogP contribution in [0.3, 0.4) is 0 Å². The van der Waals surface area contributed by atoms with Crippen molar-refractivity contribution in [3.8, 4) is 10.4 Å². The highest BCUT2D eigenvalue weighted by Crippen LogP contribution is 2.36. The predicted octanol–water partition coefficient (Wildman–Crippen LogP) is 5.27. The number of hydrogen-bond donors (Lipinski definition) is 1. The number of carbonyl (C=O) groups excluding carboxylic acids is 2. The van der Waals surface area contributed by atoms with Crippen molar-refractivity contribution in [1.82, 2.24) is 9.97 Å². The summed E-state index contributed by atoms with van der Waals surface area (Å²) in [5.41, 5.74) is 2.16. The van der Waals surface area contributed by atoms with Crippen LogP contribution >= 0.6 is 23.1 Å². The summed E-state index contributed by atoms with van der Waals surface area (Å²) in [7, 11) is 0. The fourth-order valence-electron chi connectivity index (χ4n) is 2.98. The third-order valence-electron chi connectivity index (χ3n) is 4.38. The maximum Gasteiger partial charge on any atom is 0.341 e. The summed E-state index contributed by atoms with van der Waals surface area (Å²) >= 11 is 2.68. The van der Waals surface area contributed by atoms with Crippen LogP contribution in [0.4, 0.5) is 5.00 Å². The Morgan fingerprint density at radius 2 is 1.84 bits per heavy atom. The molecule has 0 aliphatic rings. The van der Waals surface area contributed by atoms with E-state index >= 15 is 0 Å². The lowest BCUT2D eigenvalue weighted by molar-refractivity contribution is -0.113. The first-order chi connectivity index (χ1) is 15.2. The fourth-order valence-corrected chi connectivity index (χ4v) is 4.84. The van der Waals surface area contributed by atoms with Gasteiger partial charge in [0.05, 0.1) is 23.4 Å². The van der Waals surface area contributed by atoms with Gasteiger partial charge in [-0.2, -0.15) is 0 Å². The second-order valence-corrected chi connectivity index (χ2v) is 8.49. The van der Waals surface area contributed by atoms with Gasteiger partial charge in [-0.3, -0.25) is 4.79 Å². The SMILES string of the molecule is CCOC(=O)c1cc(-c2ccccc2)sc1NC(=O)CSc1ncnc2ccccc12. The van der Waals surface area contributed by atoms with Crippen molar-refractivity contribution < 1.29 is 14.3 Å². The maximum absolute atomic E-state index is 12.7. The van der Waals surface area contributed by atoms with E-state index in [9.17, 15) is 9.59 Å². The molecule has 4 rings (SSSR count). The second kappa shape index (κ2) is 9.72. The number of rotatable bonds is 7. The van der Waals surface area contributed by atoms with E-state index in [4.69, 9.17) is 4.74 Å². The van der Waals surface area contributed by atoms with Crippen LogP contribution in [0.15, 0.2) is 72.0 Å². The number of amides is 1. The summed E-state index contributed by atoms with van der Waals surface area (Å²) in [6, 6.07) is 19.1. The van der Waals surface area contributed by atoms with Crippen LogP contribution in [0.1, 0.15) is 17.3 Å². The van der Waals surface area contributed by atoms with E-state index in [-0.39, 0.29) is 18.3 Å². The molecule has 2 aromatic heterocycles. The lowest BCUT2D eigenvalue weighted by Gasteiger charge is -2.07. The summed E-state index contributed by atoms with van der Waals surface area (Å²) in [5, 5.41) is 4.99. The van der Waals surface area contributed by atoms with Crippen molar-refractivity contribution in [2.24, 2.45) is 0 Å². The van der Waals surface area contributed by atoms with E-state index in [0.717, 1.165) is 26.4 Å². The summed E-state index contributed by atoms with van der Waals surface area (Å²) in [6.45, 7) is 2.02. The summed E-state index contributed by atoms with van der Waals surface area (Å²) in [4.78, 5) is 34.5. The molecule has 0 bridgehead atoms. The zero-order valence-corrected chi connectivity index (χ0v) is 18.3. The van der Waals surface area contributed by atoms with Gasteiger partial charge in [0.2, 0.25) is 5.91 Å². The molecule has 0 atom stereocenters. The Hall–Kier alpha value is -3.23. The van der Waals surface area contributed by atoms with Crippen molar-refractivity contribution in [1.29, 1.82) is 0 Å². The van der Waals surface area contributed by atoms with Gasteiger partial charge in [-0.05, 0) is 24.6 Å². The molecule has 1 N–H and O–H groups in total. The first-order valence-corrected chi connectivity index (χ1v) is 11.4. The van der Waals surface area contributed by atoms with Gasteiger partial charge in [0.1, 0.15) is 16.4 Å². The summed E-state index contributed by atoms with van der Waals surface area (Å²) in [5.74, 6) is -0.521. The number of esters is 1. The van der Waals surface area contributed by atoms with Gasteiger partial charge < -0.3 is 10.1 Å². The minimum absolute atomic E-state index is 0.155. The Kier molecular flexibility index (Phi) is 6.59. The predicted molar refractivity (Wildman–Crippen MR) is 125 cm³/mol. The summed E-state index contributed by atoms with van der Waals surface area (Å²) < 4.78 is 5.17. The highest BCUT2D eigenvalue weighted by Gasteiger charge is 2.20. The van der Waals surface area contributed by atoms with Crippen molar-refractivity contribution in [2.45, 2.75) is 11.9 Å². The number of thioether (sulfide) groups is 1. The maximum atomic E-state index is 12.7. The van der Waals surface area contributed by atoms with Gasteiger partial charge >= 0.3 is 5.97 Å². The van der Waals surface area contributed by atoms with Crippen LogP contribution < -0.4 is 5.32 Å². The minimum atomic E-state index is -0.453. The smallest absolute Gasteiger partial charge is 0.341 e. The molecule has 2 heterocycles. The molecule has 0 spiro atoms. The Morgan fingerprint density at radius 3 is 2.65 bits per heavy atom. The normalized spacial score (nSPS) is 10.7. The molecule has 156 valence electrons. The van der Waals surface area contributed by atoms with Crippen LogP contribution in [-0.4, -0.2) is 34.2 Å². The van der Waals surface area contributed by atoms with E-state index in [1.807, 2.05) is 54.6 Å². The Morgan fingerprint density at radius 1 is 1.06 bits per heavy atom. The van der Waals surface area contributed by atoms with Gasteiger partial charge in [0.15, 0.2) is 0 Å². The number of carbonyl (C=O) groups is 2. The molecule has 1 amide bonds. The van der Waals surface area contributed by atoms with E-state index in [0.29, 0.717) is 10.6 Å². The molecule has 31 heavy (non-hydrogen) atoms. The molecule has 8 heteroatoms. The molecular weight excluding hydrogens is 430 g/mol. The molecular formula is C23H19N3O3S2. The van der Waals surface area contributed by atoms with Crippen molar-refractivity contribution >= 4 is 50.9 Å². The number of nitrogens with zero attached hydrogens (tertiary/aromatic N) is 2. The van der Waals surface area contributed by atoms with Crippen LogP contribution in [0, 0.1) is 0 Å². The number of fused-ring (bicyclic) bond motifs is 1. The first kappa shape index (κ1) is 21.0. The van der Waals surface area contributed by atoms with E-state index in [1.165, 1.54) is 29.4 Å². The highest BCUT2D eigenvalue weighted by molar-refractivity contribution is 8.00. The lowest BCUT2D eigenvalue weighted by Crippen LogP contribution is -2.16. The van der Waals surface area contributed by atoms with E-state index < -0.39 is 5.97 Å². The quantitative estimate of drug-likeness (QED) is 0.235. The molecule has 0 aliphatic carbocycles. The van der Waals surface area contributed by atoms with Crippen LogP contribution in [-0.2, 0) is 9.53 Å². The average Bonchev–Trinajstić information content (AvgIpc) is 3.22.